The van der Waals surface area contributed by atoms with Crippen molar-refractivity contribution in [3.8, 4) is 16.9 Å². The van der Waals surface area contributed by atoms with Crippen LogP contribution in [-0.4, -0.2) is 30.0 Å². The number of nitrogens with one attached hydrogen (secondary N) is 1. The van der Waals surface area contributed by atoms with E-state index in [-0.39, 0.29) is 24.7 Å². The Morgan fingerprint density at radius 1 is 0.902 bits per heavy atom. The van der Waals surface area contributed by atoms with Crippen LogP contribution in [-0.2, 0) is 27.4 Å². The lowest BCUT2D eigenvalue weighted by Gasteiger charge is -2.36. The Bertz CT molecular complexity index is 1460. The molecule has 6 nitrogen and oxygen atoms in total. The molecule has 0 saturated carbocycles. The van der Waals surface area contributed by atoms with Gasteiger partial charge in [0.15, 0.2) is 6.29 Å². The van der Waals surface area contributed by atoms with Gasteiger partial charge in [0.25, 0.3) is 0 Å². The zero-order valence-corrected chi connectivity index (χ0v) is 24.1. The molecule has 3 atom stereocenters. The highest BCUT2D eigenvalue weighted by Crippen LogP contribution is 2.41. The fourth-order valence-corrected chi connectivity index (χ4v) is 5.94. The van der Waals surface area contributed by atoms with Gasteiger partial charge in [0.2, 0.25) is 5.91 Å². The van der Waals surface area contributed by atoms with Crippen molar-refractivity contribution in [1.82, 2.24) is 5.32 Å². The van der Waals surface area contributed by atoms with Crippen LogP contribution in [0.3, 0.4) is 0 Å². The maximum absolute atomic E-state index is 11.4. The van der Waals surface area contributed by atoms with E-state index in [4.69, 9.17) is 14.2 Å². The first-order valence-electron chi connectivity index (χ1n) is 13.7. The van der Waals surface area contributed by atoms with Crippen molar-refractivity contribution in [1.29, 1.82) is 0 Å². The van der Waals surface area contributed by atoms with E-state index in [9.17, 15) is 9.90 Å². The zero-order chi connectivity index (χ0) is 28.6. The van der Waals surface area contributed by atoms with E-state index in [0.717, 1.165) is 49.8 Å². The molecule has 1 fully saturated rings. The molecular formula is C34H35NO5S. The smallest absolute Gasteiger partial charge is 0.217 e. The van der Waals surface area contributed by atoms with Crippen LogP contribution in [0.25, 0.3) is 11.1 Å². The van der Waals surface area contributed by atoms with Gasteiger partial charge in [0.05, 0.1) is 25.9 Å². The van der Waals surface area contributed by atoms with E-state index in [1.807, 2.05) is 66.7 Å². The summed E-state index contributed by atoms with van der Waals surface area (Å²) in [5.74, 6) is 1.55. The maximum atomic E-state index is 11.4. The molecule has 4 aromatic rings. The maximum Gasteiger partial charge on any atom is 0.217 e. The molecule has 5 rings (SSSR count). The average molecular weight is 570 g/mol. The van der Waals surface area contributed by atoms with Gasteiger partial charge in [0.1, 0.15) is 5.75 Å². The van der Waals surface area contributed by atoms with Gasteiger partial charge < -0.3 is 24.6 Å². The lowest BCUT2D eigenvalue weighted by atomic mass is 9.99. The molecule has 0 unspecified atom stereocenters. The molecule has 0 aromatic heterocycles. The van der Waals surface area contributed by atoms with E-state index >= 15 is 0 Å². The Labute approximate surface area is 245 Å². The molecule has 0 spiro atoms. The normalized spacial score (nSPS) is 18.6. The molecule has 1 amide bonds. The molecule has 7 heteroatoms. The average Bonchev–Trinajstić information content (AvgIpc) is 3.03. The third-order valence-corrected chi connectivity index (χ3v) is 8.26. The van der Waals surface area contributed by atoms with Crippen LogP contribution in [0.1, 0.15) is 48.0 Å². The minimum Gasteiger partial charge on any atom is -0.496 e. The summed E-state index contributed by atoms with van der Waals surface area (Å²) in [4.78, 5) is 12.5. The number of rotatable bonds is 10. The number of hydrogen-bond donors (Lipinski definition) is 2. The zero-order valence-electron chi connectivity index (χ0n) is 23.3. The molecule has 1 aliphatic heterocycles. The van der Waals surface area contributed by atoms with E-state index in [1.165, 1.54) is 6.92 Å². The Hall–Kier alpha value is -3.62. The second-order valence-electron chi connectivity index (χ2n) is 10.0. The van der Waals surface area contributed by atoms with Crippen molar-refractivity contribution in [2.75, 3.05) is 12.9 Å². The number of para-hydroxylation sites is 1. The van der Waals surface area contributed by atoms with Gasteiger partial charge in [-0.2, -0.15) is 0 Å². The number of carbonyl (C=O) groups excluding carboxylic acids is 1. The Balaban J connectivity index is 1.39. The summed E-state index contributed by atoms with van der Waals surface area (Å²) in [5.41, 5.74) is 6.02. The first-order valence-corrected chi connectivity index (χ1v) is 14.7. The summed E-state index contributed by atoms with van der Waals surface area (Å²) in [6, 6.07) is 32.4. The van der Waals surface area contributed by atoms with Gasteiger partial charge in [-0.15, -0.1) is 11.8 Å². The fraction of sp³-hybridized carbons (Fsp3) is 0.265. The van der Waals surface area contributed by atoms with Crippen molar-refractivity contribution in [2.45, 2.75) is 49.9 Å². The predicted molar refractivity (Wildman–Crippen MR) is 162 cm³/mol. The lowest BCUT2D eigenvalue weighted by molar-refractivity contribution is -0.245. The SMILES string of the molecule is COc1ccccc1SC[C@@H]1C[C@H](c2ccc(CO)cc2)O[C@H](c2cccc(-c3cccc(CNC(C)=O)c3)c2)O1. The van der Waals surface area contributed by atoms with Crippen molar-refractivity contribution in [3.63, 3.8) is 0 Å². The van der Waals surface area contributed by atoms with E-state index < -0.39 is 6.29 Å². The van der Waals surface area contributed by atoms with Crippen LogP contribution in [0.4, 0.5) is 0 Å². The van der Waals surface area contributed by atoms with Gasteiger partial charge in [-0.05, 0) is 52.1 Å². The molecule has 1 saturated heterocycles. The molecule has 212 valence electrons. The Kier molecular flexibility index (Phi) is 9.75. The van der Waals surface area contributed by atoms with Gasteiger partial charge in [-0.3, -0.25) is 4.79 Å². The monoisotopic (exact) mass is 569 g/mol. The van der Waals surface area contributed by atoms with E-state index in [0.29, 0.717) is 13.0 Å². The molecule has 41 heavy (non-hydrogen) atoms. The third-order valence-electron chi connectivity index (χ3n) is 7.07. The summed E-state index contributed by atoms with van der Waals surface area (Å²) in [7, 11) is 1.69. The van der Waals surface area contributed by atoms with Crippen molar-refractivity contribution in [3.05, 3.63) is 119 Å². The second kappa shape index (κ2) is 13.8. The number of thioether (sulfide) groups is 1. The molecule has 4 aromatic carbocycles. The minimum atomic E-state index is -0.544. The summed E-state index contributed by atoms with van der Waals surface area (Å²) in [6.07, 6.45) is -0.0515. The Morgan fingerprint density at radius 3 is 2.41 bits per heavy atom. The number of carbonyl (C=O) groups is 1. The minimum absolute atomic E-state index is 0.00845. The number of methoxy groups -OCH3 is 1. The van der Waals surface area contributed by atoms with Crippen molar-refractivity contribution >= 4 is 17.7 Å². The number of aliphatic hydroxyl groups is 1. The van der Waals surface area contributed by atoms with Crippen molar-refractivity contribution < 1.29 is 24.1 Å². The highest BCUT2D eigenvalue weighted by Gasteiger charge is 2.32. The number of amides is 1. The fourth-order valence-electron chi connectivity index (χ4n) is 4.90. The highest BCUT2D eigenvalue weighted by molar-refractivity contribution is 7.99. The van der Waals surface area contributed by atoms with Crippen LogP contribution in [0.5, 0.6) is 5.75 Å². The molecule has 1 heterocycles. The standard InChI is InChI=1S/C34H35NO5S/c1-23(37)35-20-25-7-5-8-27(17-25)28-9-6-10-29(18-28)34-39-30(22-41-33-12-4-3-11-31(33)38-2)19-32(40-34)26-15-13-24(21-36)14-16-26/h3-18,30,32,34,36H,19-22H2,1-2H3,(H,35,37)/t30-,32+,34+/m0/s1. The molecule has 2 N–H and O–H groups in total. The summed E-state index contributed by atoms with van der Waals surface area (Å²) in [6.45, 7) is 2.02. The molecule has 0 aliphatic carbocycles. The van der Waals surface area contributed by atoms with Crippen LogP contribution >= 0.6 is 11.8 Å². The van der Waals surface area contributed by atoms with Gasteiger partial charge in [-0.1, -0.05) is 72.8 Å². The number of aliphatic hydroxyl groups excluding tert-OH is 1. The quantitative estimate of drug-likeness (QED) is 0.204. The first kappa shape index (κ1) is 28.9. The largest absolute Gasteiger partial charge is 0.496 e. The first-order chi connectivity index (χ1) is 20.0. The second-order valence-corrected chi connectivity index (χ2v) is 11.1. The highest BCUT2D eigenvalue weighted by atomic mass is 32.2. The number of ether oxygens (including phenoxy) is 3. The topological polar surface area (TPSA) is 77.0 Å². The molecule has 1 aliphatic rings. The third kappa shape index (κ3) is 7.57. The van der Waals surface area contributed by atoms with Gasteiger partial charge in [0, 0.05) is 36.1 Å². The molecule has 0 bridgehead atoms. The van der Waals surface area contributed by atoms with E-state index in [2.05, 4.69) is 35.6 Å². The predicted octanol–water partition coefficient (Wildman–Crippen LogP) is 6.83. The Morgan fingerprint density at radius 2 is 1.66 bits per heavy atom. The van der Waals surface area contributed by atoms with Gasteiger partial charge >= 0.3 is 0 Å². The van der Waals surface area contributed by atoms with Crippen LogP contribution in [0.2, 0.25) is 0 Å². The van der Waals surface area contributed by atoms with Gasteiger partial charge in [-0.25, -0.2) is 0 Å². The molecular weight excluding hydrogens is 534 g/mol. The van der Waals surface area contributed by atoms with Crippen LogP contribution in [0.15, 0.2) is 102 Å². The lowest BCUT2D eigenvalue weighted by Crippen LogP contribution is -2.31. The van der Waals surface area contributed by atoms with Crippen LogP contribution < -0.4 is 10.1 Å². The summed E-state index contributed by atoms with van der Waals surface area (Å²) in [5, 5.41) is 12.4. The number of benzene rings is 4. The summed E-state index contributed by atoms with van der Waals surface area (Å²) >= 11 is 1.72. The summed E-state index contributed by atoms with van der Waals surface area (Å²) < 4.78 is 18.7. The van der Waals surface area contributed by atoms with E-state index in [1.54, 1.807) is 18.9 Å². The van der Waals surface area contributed by atoms with Crippen molar-refractivity contribution in [2.24, 2.45) is 0 Å². The van der Waals surface area contributed by atoms with Crippen LogP contribution in [0, 0.1) is 0 Å². The number of hydrogen-bond acceptors (Lipinski definition) is 6. The molecule has 0 radical (unpaired) electrons.